The topological polar surface area (TPSA) is 66.6 Å². The molecule has 0 aromatic heterocycles. The lowest BCUT2D eigenvalue weighted by Crippen LogP contribution is -2.37. The number of nitrogens with two attached hydrogens (primary N) is 1. The van der Waals surface area contributed by atoms with Crippen molar-refractivity contribution in [2.75, 3.05) is 20.1 Å². The van der Waals surface area contributed by atoms with Gasteiger partial charge in [0.15, 0.2) is 0 Å². The summed E-state index contributed by atoms with van der Waals surface area (Å²) in [6.07, 6.45) is -0.589. The summed E-state index contributed by atoms with van der Waals surface area (Å²) in [4.78, 5) is 12.6. The van der Waals surface area contributed by atoms with Crippen LogP contribution in [-0.4, -0.2) is 42.2 Å². The van der Waals surface area contributed by atoms with Crippen LogP contribution in [0.3, 0.4) is 0 Å². The maximum atomic E-state index is 11.1. The van der Waals surface area contributed by atoms with E-state index in [4.69, 9.17) is 10.8 Å². The lowest BCUT2D eigenvalue weighted by molar-refractivity contribution is -0.138. The summed E-state index contributed by atoms with van der Waals surface area (Å²) in [5, 5.41) is 9.15. The minimum atomic E-state index is -0.926. The smallest absolute Gasteiger partial charge is 0.251 e. The molecule has 0 aliphatic rings. The maximum absolute atomic E-state index is 11.1. The molecule has 0 aromatic carbocycles. The second kappa shape index (κ2) is 5.09. The monoisotopic (exact) mass is 160 g/mol. The Balaban J connectivity index is 3.81. The van der Waals surface area contributed by atoms with Crippen LogP contribution in [0, 0.1) is 0 Å². The van der Waals surface area contributed by atoms with Gasteiger partial charge in [0.1, 0.15) is 6.10 Å². The summed E-state index contributed by atoms with van der Waals surface area (Å²) >= 11 is 0. The Morgan fingerprint density at radius 2 is 2.27 bits per heavy atom. The Labute approximate surface area is 67.0 Å². The number of aliphatic hydroxyl groups is 1. The molecule has 0 fully saturated rings. The zero-order chi connectivity index (χ0) is 8.85. The van der Waals surface area contributed by atoms with Crippen molar-refractivity contribution in [3.8, 4) is 0 Å². The Bertz CT molecular complexity index is 128. The molecular formula is C7H16N2O2. The summed E-state index contributed by atoms with van der Waals surface area (Å²) in [6, 6.07) is 0. The summed E-state index contributed by atoms with van der Waals surface area (Å²) in [6.45, 7) is 2.80. The van der Waals surface area contributed by atoms with Gasteiger partial charge >= 0.3 is 0 Å². The van der Waals surface area contributed by atoms with Crippen molar-refractivity contribution in [2.45, 2.75) is 19.4 Å². The molecular weight excluding hydrogens is 144 g/mol. The minimum Gasteiger partial charge on any atom is -0.383 e. The first kappa shape index (κ1) is 10.4. The molecule has 11 heavy (non-hydrogen) atoms. The fourth-order valence-corrected chi connectivity index (χ4v) is 0.692. The van der Waals surface area contributed by atoms with Crippen LogP contribution in [0.4, 0.5) is 0 Å². The highest BCUT2D eigenvalue weighted by atomic mass is 16.3. The second-order valence-electron chi connectivity index (χ2n) is 2.45. The molecule has 3 N–H and O–H groups in total. The third-order valence-electron chi connectivity index (χ3n) is 1.58. The van der Waals surface area contributed by atoms with E-state index in [1.807, 2.05) is 6.92 Å². The molecule has 0 radical (unpaired) electrons. The van der Waals surface area contributed by atoms with Crippen LogP contribution < -0.4 is 5.73 Å². The van der Waals surface area contributed by atoms with Crippen LogP contribution in [0.2, 0.25) is 0 Å². The Hall–Kier alpha value is -0.610. The molecule has 66 valence electrons. The van der Waals surface area contributed by atoms with Crippen LogP contribution in [0.1, 0.15) is 13.3 Å². The zero-order valence-corrected chi connectivity index (χ0v) is 7.08. The number of rotatable bonds is 4. The molecule has 0 rings (SSSR count). The average Bonchev–Trinajstić information content (AvgIpc) is 2.02. The standard InChI is InChI=1S/C7H16N2O2/c1-3-9(2)7(11)6(10)4-5-8/h6,10H,3-5,8H2,1-2H3/t6-/m0/s1. The van der Waals surface area contributed by atoms with E-state index in [1.165, 1.54) is 4.90 Å². The molecule has 0 aromatic rings. The summed E-state index contributed by atoms with van der Waals surface area (Å²) in [5.74, 6) is -0.252. The van der Waals surface area contributed by atoms with Crippen molar-refractivity contribution in [1.82, 2.24) is 4.90 Å². The zero-order valence-electron chi connectivity index (χ0n) is 7.08. The van der Waals surface area contributed by atoms with Gasteiger partial charge in [-0.1, -0.05) is 0 Å². The van der Waals surface area contributed by atoms with Gasteiger partial charge in [0.25, 0.3) is 5.91 Å². The first-order valence-electron chi connectivity index (χ1n) is 3.76. The van der Waals surface area contributed by atoms with E-state index in [1.54, 1.807) is 7.05 Å². The third kappa shape index (κ3) is 3.34. The Morgan fingerprint density at radius 1 is 1.73 bits per heavy atom. The highest BCUT2D eigenvalue weighted by molar-refractivity contribution is 5.80. The lowest BCUT2D eigenvalue weighted by atomic mass is 10.2. The number of hydrogen-bond acceptors (Lipinski definition) is 3. The van der Waals surface area contributed by atoms with Gasteiger partial charge in [0.05, 0.1) is 0 Å². The van der Waals surface area contributed by atoms with Gasteiger partial charge in [-0.2, -0.15) is 0 Å². The molecule has 0 unspecified atom stereocenters. The van der Waals surface area contributed by atoms with E-state index in [9.17, 15) is 4.79 Å². The van der Waals surface area contributed by atoms with E-state index in [0.717, 1.165) is 0 Å². The first-order chi connectivity index (χ1) is 5.13. The molecule has 0 heterocycles. The van der Waals surface area contributed by atoms with Gasteiger partial charge in [0, 0.05) is 13.6 Å². The number of hydrogen-bond donors (Lipinski definition) is 2. The summed E-state index contributed by atoms with van der Waals surface area (Å²) in [7, 11) is 1.65. The van der Waals surface area contributed by atoms with Gasteiger partial charge in [-0.25, -0.2) is 0 Å². The Kier molecular flexibility index (Phi) is 4.81. The highest BCUT2D eigenvalue weighted by Crippen LogP contribution is 1.95. The number of aliphatic hydroxyl groups excluding tert-OH is 1. The van der Waals surface area contributed by atoms with Crippen molar-refractivity contribution >= 4 is 5.91 Å². The normalized spacial score (nSPS) is 12.7. The van der Waals surface area contributed by atoms with Gasteiger partial charge < -0.3 is 15.7 Å². The molecule has 0 bridgehead atoms. The van der Waals surface area contributed by atoms with E-state index >= 15 is 0 Å². The van der Waals surface area contributed by atoms with E-state index in [-0.39, 0.29) is 5.91 Å². The highest BCUT2D eigenvalue weighted by Gasteiger charge is 2.16. The molecule has 1 atom stereocenters. The predicted octanol–water partition coefficient (Wildman–Crippen LogP) is -0.826. The van der Waals surface area contributed by atoms with Crippen LogP contribution in [0.25, 0.3) is 0 Å². The van der Waals surface area contributed by atoms with Crippen molar-refractivity contribution in [2.24, 2.45) is 5.73 Å². The molecule has 0 aliphatic carbocycles. The second-order valence-corrected chi connectivity index (χ2v) is 2.45. The van der Waals surface area contributed by atoms with Gasteiger partial charge in [0.2, 0.25) is 0 Å². The van der Waals surface area contributed by atoms with E-state index in [2.05, 4.69) is 0 Å². The average molecular weight is 160 g/mol. The fourth-order valence-electron chi connectivity index (χ4n) is 0.692. The lowest BCUT2D eigenvalue weighted by Gasteiger charge is -2.17. The van der Waals surface area contributed by atoms with Crippen LogP contribution in [0.15, 0.2) is 0 Å². The Morgan fingerprint density at radius 3 is 2.64 bits per heavy atom. The number of likely N-dealkylation sites (N-methyl/N-ethyl adjacent to an activating group) is 1. The van der Waals surface area contributed by atoms with Crippen molar-refractivity contribution in [1.29, 1.82) is 0 Å². The van der Waals surface area contributed by atoms with Crippen LogP contribution >= 0.6 is 0 Å². The van der Waals surface area contributed by atoms with Gasteiger partial charge in [-0.3, -0.25) is 4.79 Å². The maximum Gasteiger partial charge on any atom is 0.251 e. The predicted molar refractivity (Wildman–Crippen MR) is 43.0 cm³/mol. The van der Waals surface area contributed by atoms with E-state index in [0.29, 0.717) is 19.5 Å². The molecule has 0 aliphatic heterocycles. The van der Waals surface area contributed by atoms with Gasteiger partial charge in [-0.05, 0) is 19.9 Å². The minimum absolute atomic E-state index is 0.252. The summed E-state index contributed by atoms with van der Waals surface area (Å²) in [5.41, 5.74) is 5.18. The molecule has 1 amide bonds. The van der Waals surface area contributed by atoms with Crippen molar-refractivity contribution < 1.29 is 9.90 Å². The SMILES string of the molecule is CCN(C)C(=O)[C@@H](O)CCN. The van der Waals surface area contributed by atoms with Crippen molar-refractivity contribution in [3.63, 3.8) is 0 Å². The van der Waals surface area contributed by atoms with Crippen LogP contribution in [-0.2, 0) is 4.79 Å². The molecule has 0 saturated heterocycles. The molecule has 4 heteroatoms. The first-order valence-corrected chi connectivity index (χ1v) is 3.76. The largest absolute Gasteiger partial charge is 0.383 e. The number of carbonyl (C=O) groups is 1. The number of carbonyl (C=O) groups excluding carboxylic acids is 1. The number of nitrogens with zero attached hydrogens (tertiary/aromatic N) is 1. The quantitative estimate of drug-likeness (QED) is 0.564. The molecule has 4 nitrogen and oxygen atoms in total. The van der Waals surface area contributed by atoms with Gasteiger partial charge in [-0.15, -0.1) is 0 Å². The number of amides is 1. The third-order valence-corrected chi connectivity index (χ3v) is 1.58. The molecule has 0 spiro atoms. The molecule has 0 saturated carbocycles. The van der Waals surface area contributed by atoms with E-state index < -0.39 is 6.10 Å². The van der Waals surface area contributed by atoms with Crippen molar-refractivity contribution in [3.05, 3.63) is 0 Å². The van der Waals surface area contributed by atoms with Crippen LogP contribution in [0.5, 0.6) is 0 Å². The fraction of sp³-hybridized carbons (Fsp3) is 0.857. The summed E-state index contributed by atoms with van der Waals surface area (Å²) < 4.78 is 0.